The molecule has 0 saturated carbocycles. The molecule has 0 atom stereocenters. The van der Waals surface area contributed by atoms with Crippen molar-refractivity contribution in [3.8, 4) is 5.75 Å². The van der Waals surface area contributed by atoms with Crippen molar-refractivity contribution < 1.29 is 17.9 Å². The van der Waals surface area contributed by atoms with E-state index in [2.05, 4.69) is 9.62 Å². The minimum Gasteiger partial charge on any atom is -0.495 e. The Morgan fingerprint density at radius 2 is 1.73 bits per heavy atom. The van der Waals surface area contributed by atoms with Crippen molar-refractivity contribution in [3.63, 3.8) is 0 Å². The summed E-state index contributed by atoms with van der Waals surface area (Å²) in [5.41, 5.74) is 2.57. The average Bonchev–Trinajstić information content (AvgIpc) is 3.44. The molecule has 1 N–H and O–H groups in total. The molecule has 1 amide bonds. The maximum absolute atomic E-state index is 12.9. The number of anilines is 2. The summed E-state index contributed by atoms with van der Waals surface area (Å²) in [7, 11) is -2.22. The molecule has 2 saturated heterocycles. The zero-order valence-electron chi connectivity index (χ0n) is 17.1. The molecule has 4 rings (SSSR count). The maximum atomic E-state index is 12.9. The van der Waals surface area contributed by atoms with Gasteiger partial charge in [-0.3, -0.25) is 4.79 Å². The molecule has 0 radical (unpaired) electrons. The van der Waals surface area contributed by atoms with Crippen LogP contribution in [0.1, 0.15) is 31.2 Å². The first kappa shape index (κ1) is 20.7. The van der Waals surface area contributed by atoms with Crippen molar-refractivity contribution in [2.24, 2.45) is 0 Å². The Morgan fingerprint density at radius 1 is 1.00 bits per heavy atom. The number of ether oxygens (including phenoxy) is 1. The molecule has 0 spiro atoms. The van der Waals surface area contributed by atoms with Crippen LogP contribution in [0.5, 0.6) is 5.75 Å². The lowest BCUT2D eigenvalue weighted by molar-refractivity contribution is -0.117. The Balaban J connectivity index is 1.48. The SMILES string of the molecule is COc1ccc(S(=O)(=O)NCc2ccc(N3CCCC3)cc2)cc1N1CCCC1=O. The third kappa shape index (κ3) is 4.29. The van der Waals surface area contributed by atoms with Gasteiger partial charge in [0.25, 0.3) is 0 Å². The standard InChI is InChI=1S/C22H27N3O4S/c1-29-21-11-10-19(15-20(21)25-14-4-5-22(25)26)30(27,28)23-16-17-6-8-18(9-7-17)24-12-2-3-13-24/h6-11,15,23H,2-5,12-14,16H2,1H3. The highest BCUT2D eigenvalue weighted by atomic mass is 32.2. The van der Waals surface area contributed by atoms with Crippen LogP contribution in [0.15, 0.2) is 47.4 Å². The number of nitrogens with one attached hydrogen (secondary N) is 1. The number of methoxy groups -OCH3 is 1. The van der Waals surface area contributed by atoms with E-state index >= 15 is 0 Å². The fourth-order valence-corrected chi connectivity index (χ4v) is 5.05. The van der Waals surface area contributed by atoms with Crippen LogP contribution in [0, 0.1) is 0 Å². The van der Waals surface area contributed by atoms with Crippen LogP contribution in [0.4, 0.5) is 11.4 Å². The van der Waals surface area contributed by atoms with Crippen LogP contribution in [-0.2, 0) is 21.4 Å². The smallest absolute Gasteiger partial charge is 0.240 e. The van der Waals surface area contributed by atoms with Crippen molar-refractivity contribution in [2.45, 2.75) is 37.1 Å². The van der Waals surface area contributed by atoms with Crippen LogP contribution in [0.25, 0.3) is 0 Å². The van der Waals surface area contributed by atoms with Crippen molar-refractivity contribution in [1.29, 1.82) is 0 Å². The number of carbonyl (C=O) groups is 1. The Bertz CT molecular complexity index is 1020. The quantitative estimate of drug-likeness (QED) is 0.732. The minimum atomic E-state index is -3.73. The van der Waals surface area contributed by atoms with Gasteiger partial charge in [0, 0.05) is 38.3 Å². The van der Waals surface area contributed by atoms with Gasteiger partial charge in [0.05, 0.1) is 17.7 Å². The zero-order chi connectivity index (χ0) is 21.1. The molecule has 2 aromatic rings. The molecule has 160 valence electrons. The number of hydrogen-bond donors (Lipinski definition) is 1. The van der Waals surface area contributed by atoms with Gasteiger partial charge in [-0.2, -0.15) is 0 Å². The molecule has 0 bridgehead atoms. The summed E-state index contributed by atoms with van der Waals surface area (Å²) >= 11 is 0. The highest BCUT2D eigenvalue weighted by molar-refractivity contribution is 7.89. The summed E-state index contributed by atoms with van der Waals surface area (Å²) in [6, 6.07) is 12.6. The lowest BCUT2D eigenvalue weighted by Gasteiger charge is -2.20. The van der Waals surface area contributed by atoms with Crippen molar-refractivity contribution in [3.05, 3.63) is 48.0 Å². The maximum Gasteiger partial charge on any atom is 0.240 e. The van der Waals surface area contributed by atoms with Crippen molar-refractivity contribution >= 4 is 27.3 Å². The van der Waals surface area contributed by atoms with E-state index in [1.54, 1.807) is 11.0 Å². The highest BCUT2D eigenvalue weighted by Crippen LogP contribution is 2.33. The molecule has 8 heteroatoms. The fourth-order valence-electron chi connectivity index (χ4n) is 4.01. The monoisotopic (exact) mass is 429 g/mol. The summed E-state index contributed by atoms with van der Waals surface area (Å²) in [4.78, 5) is 16.2. The van der Waals surface area contributed by atoms with Crippen LogP contribution in [0.2, 0.25) is 0 Å². The molecule has 2 aromatic carbocycles. The lowest BCUT2D eigenvalue weighted by atomic mass is 10.2. The number of nitrogens with zero attached hydrogens (tertiary/aromatic N) is 2. The van der Waals surface area contributed by atoms with E-state index in [-0.39, 0.29) is 17.3 Å². The average molecular weight is 430 g/mol. The third-order valence-electron chi connectivity index (χ3n) is 5.70. The van der Waals surface area contributed by atoms with E-state index in [1.165, 1.54) is 37.8 Å². The van der Waals surface area contributed by atoms with Gasteiger partial charge in [0.1, 0.15) is 5.75 Å². The molecule has 7 nitrogen and oxygen atoms in total. The first-order valence-electron chi connectivity index (χ1n) is 10.3. The van der Waals surface area contributed by atoms with E-state index in [0.29, 0.717) is 24.4 Å². The van der Waals surface area contributed by atoms with Crippen LogP contribution in [0.3, 0.4) is 0 Å². The van der Waals surface area contributed by atoms with Gasteiger partial charge in [0.2, 0.25) is 15.9 Å². The second kappa shape index (κ2) is 8.65. The van der Waals surface area contributed by atoms with E-state index in [4.69, 9.17) is 4.74 Å². The molecule has 2 fully saturated rings. The third-order valence-corrected chi connectivity index (χ3v) is 7.10. The Morgan fingerprint density at radius 3 is 2.37 bits per heavy atom. The van der Waals surface area contributed by atoms with Crippen LogP contribution in [-0.4, -0.2) is 41.1 Å². The molecule has 2 heterocycles. The number of rotatable bonds is 7. The predicted molar refractivity (Wildman–Crippen MR) is 116 cm³/mol. The second-order valence-corrected chi connectivity index (χ2v) is 9.43. The molecular formula is C22H27N3O4S. The molecule has 0 unspecified atom stereocenters. The van der Waals surface area contributed by atoms with Crippen molar-refractivity contribution in [1.82, 2.24) is 4.72 Å². The molecule has 0 aliphatic carbocycles. The second-order valence-electron chi connectivity index (χ2n) is 7.67. The summed E-state index contributed by atoms with van der Waals surface area (Å²) in [6.07, 6.45) is 3.65. The minimum absolute atomic E-state index is 0.0195. The molecular weight excluding hydrogens is 402 g/mol. The molecule has 2 aliphatic heterocycles. The number of amides is 1. The number of sulfonamides is 1. The summed E-state index contributed by atoms with van der Waals surface area (Å²) in [6.45, 7) is 2.92. The fraction of sp³-hybridized carbons (Fsp3) is 0.409. The first-order valence-corrected chi connectivity index (χ1v) is 11.8. The van der Waals surface area contributed by atoms with E-state index < -0.39 is 10.0 Å². The normalized spacial score (nSPS) is 17.0. The Labute approximate surface area is 177 Å². The van der Waals surface area contributed by atoms with Gasteiger partial charge < -0.3 is 14.5 Å². The zero-order valence-corrected chi connectivity index (χ0v) is 18.0. The largest absolute Gasteiger partial charge is 0.495 e. The van der Waals surface area contributed by atoms with E-state index in [0.717, 1.165) is 25.1 Å². The van der Waals surface area contributed by atoms with Gasteiger partial charge in [-0.25, -0.2) is 13.1 Å². The van der Waals surface area contributed by atoms with Gasteiger partial charge >= 0.3 is 0 Å². The summed E-state index contributed by atoms with van der Waals surface area (Å²) in [5.74, 6) is 0.468. The van der Waals surface area contributed by atoms with Gasteiger partial charge in [-0.15, -0.1) is 0 Å². The van der Waals surface area contributed by atoms with Crippen LogP contribution < -0.4 is 19.3 Å². The summed E-state index contributed by atoms with van der Waals surface area (Å²) < 4.78 is 33.7. The highest BCUT2D eigenvalue weighted by Gasteiger charge is 2.26. The van der Waals surface area contributed by atoms with E-state index in [1.807, 2.05) is 24.3 Å². The summed E-state index contributed by atoms with van der Waals surface area (Å²) in [5, 5.41) is 0. The predicted octanol–water partition coefficient (Wildman–Crippen LogP) is 2.90. The van der Waals surface area contributed by atoms with Crippen LogP contribution >= 0.6 is 0 Å². The van der Waals surface area contributed by atoms with Gasteiger partial charge in [-0.05, 0) is 55.2 Å². The molecule has 0 aromatic heterocycles. The first-order chi connectivity index (χ1) is 14.5. The number of hydrogen-bond acceptors (Lipinski definition) is 5. The molecule has 30 heavy (non-hydrogen) atoms. The Hall–Kier alpha value is -2.58. The Kier molecular flexibility index (Phi) is 5.97. The number of carbonyl (C=O) groups excluding carboxylic acids is 1. The lowest BCUT2D eigenvalue weighted by Crippen LogP contribution is -2.26. The van der Waals surface area contributed by atoms with Crippen molar-refractivity contribution in [2.75, 3.05) is 36.5 Å². The van der Waals surface area contributed by atoms with Gasteiger partial charge in [0.15, 0.2) is 0 Å². The van der Waals surface area contributed by atoms with Gasteiger partial charge in [-0.1, -0.05) is 12.1 Å². The molecule has 2 aliphatic rings. The number of benzene rings is 2. The topological polar surface area (TPSA) is 79.0 Å². The van der Waals surface area contributed by atoms with E-state index in [9.17, 15) is 13.2 Å².